The molecule has 1 amide bonds. The lowest BCUT2D eigenvalue weighted by Crippen LogP contribution is -2.39. The van der Waals surface area contributed by atoms with Gasteiger partial charge in [0.1, 0.15) is 11.4 Å². The van der Waals surface area contributed by atoms with Crippen LogP contribution < -0.4 is 10.1 Å². The van der Waals surface area contributed by atoms with E-state index in [0.29, 0.717) is 23.9 Å². The van der Waals surface area contributed by atoms with Crippen molar-refractivity contribution in [1.29, 1.82) is 0 Å². The molecule has 1 aromatic heterocycles. The second kappa shape index (κ2) is 8.43. The first-order valence-corrected chi connectivity index (χ1v) is 9.40. The highest BCUT2D eigenvalue weighted by atomic mass is 16.5. The summed E-state index contributed by atoms with van der Waals surface area (Å²) in [4.78, 5) is 30.2. The molecule has 1 aromatic carbocycles. The summed E-state index contributed by atoms with van der Waals surface area (Å²) in [6.45, 7) is 6.36. The van der Waals surface area contributed by atoms with Gasteiger partial charge >= 0.3 is 5.97 Å². The van der Waals surface area contributed by atoms with Crippen LogP contribution in [0.15, 0.2) is 18.2 Å². The van der Waals surface area contributed by atoms with Crippen molar-refractivity contribution in [2.75, 3.05) is 38.7 Å². The molecule has 0 spiro atoms. The highest BCUT2D eigenvalue weighted by Gasteiger charge is 2.23. The van der Waals surface area contributed by atoms with Crippen molar-refractivity contribution in [2.24, 2.45) is 5.92 Å². The van der Waals surface area contributed by atoms with Crippen LogP contribution in [-0.4, -0.2) is 55.1 Å². The molecule has 1 saturated heterocycles. The van der Waals surface area contributed by atoms with Gasteiger partial charge in [0, 0.05) is 17.4 Å². The van der Waals surface area contributed by atoms with Gasteiger partial charge < -0.3 is 19.8 Å². The van der Waals surface area contributed by atoms with Crippen LogP contribution in [-0.2, 0) is 9.53 Å². The highest BCUT2D eigenvalue weighted by molar-refractivity contribution is 6.11. The number of H-pyrrole nitrogens is 1. The predicted molar refractivity (Wildman–Crippen MR) is 104 cm³/mol. The van der Waals surface area contributed by atoms with E-state index < -0.39 is 5.97 Å². The lowest BCUT2D eigenvalue weighted by atomic mass is 10.0. The van der Waals surface area contributed by atoms with Crippen molar-refractivity contribution < 1.29 is 19.1 Å². The Morgan fingerprint density at radius 2 is 2.19 bits per heavy atom. The second-order valence-electron chi connectivity index (χ2n) is 7.04. The molecule has 1 aliphatic rings. The van der Waals surface area contributed by atoms with Gasteiger partial charge in [-0.1, -0.05) is 6.92 Å². The van der Waals surface area contributed by atoms with Crippen LogP contribution in [0.1, 0.15) is 37.2 Å². The fourth-order valence-electron chi connectivity index (χ4n) is 3.60. The number of hydrogen-bond acceptors (Lipinski definition) is 5. The van der Waals surface area contributed by atoms with Gasteiger partial charge in [-0.3, -0.25) is 9.69 Å². The number of benzene rings is 1. The molecule has 146 valence electrons. The predicted octanol–water partition coefficient (Wildman–Crippen LogP) is 3.02. The zero-order chi connectivity index (χ0) is 19.4. The van der Waals surface area contributed by atoms with Crippen LogP contribution in [0.25, 0.3) is 10.9 Å². The van der Waals surface area contributed by atoms with Crippen LogP contribution in [0, 0.1) is 5.92 Å². The first kappa shape index (κ1) is 19.2. The molecule has 3 rings (SSSR count). The van der Waals surface area contributed by atoms with E-state index in [1.807, 2.05) is 6.07 Å². The van der Waals surface area contributed by atoms with Gasteiger partial charge in [-0.25, -0.2) is 4.79 Å². The Labute approximate surface area is 159 Å². The Morgan fingerprint density at radius 1 is 1.37 bits per heavy atom. The molecule has 1 atom stereocenters. The summed E-state index contributed by atoms with van der Waals surface area (Å²) in [7, 11) is 1.58. The summed E-state index contributed by atoms with van der Waals surface area (Å²) in [6, 6.07) is 5.42. The van der Waals surface area contributed by atoms with E-state index in [4.69, 9.17) is 9.47 Å². The minimum atomic E-state index is -0.491. The zero-order valence-corrected chi connectivity index (χ0v) is 16.1. The van der Waals surface area contributed by atoms with Gasteiger partial charge in [0.05, 0.1) is 25.9 Å². The molecule has 2 aromatic rings. The van der Waals surface area contributed by atoms with Crippen molar-refractivity contribution >= 4 is 28.5 Å². The third kappa shape index (κ3) is 4.42. The molecular formula is C20H27N3O4. The number of methoxy groups -OCH3 is 1. The van der Waals surface area contributed by atoms with Crippen molar-refractivity contribution in [3.05, 3.63) is 23.9 Å². The van der Waals surface area contributed by atoms with Crippen molar-refractivity contribution in [1.82, 2.24) is 9.88 Å². The Hall–Kier alpha value is -2.54. The number of amides is 1. The van der Waals surface area contributed by atoms with E-state index in [2.05, 4.69) is 22.1 Å². The topological polar surface area (TPSA) is 83.7 Å². The molecule has 0 saturated carbocycles. The number of piperidine rings is 1. The number of hydrogen-bond donors (Lipinski definition) is 2. The van der Waals surface area contributed by atoms with Crippen LogP contribution in [0.3, 0.4) is 0 Å². The molecule has 1 fully saturated rings. The minimum Gasteiger partial charge on any atom is -0.497 e. The lowest BCUT2D eigenvalue weighted by Gasteiger charge is -2.30. The van der Waals surface area contributed by atoms with Crippen LogP contribution in [0.4, 0.5) is 5.69 Å². The zero-order valence-electron chi connectivity index (χ0n) is 16.1. The number of aromatic amines is 1. The fraction of sp³-hybridized carbons (Fsp3) is 0.500. The number of carbonyl (C=O) groups excluding carboxylic acids is 2. The third-order valence-electron chi connectivity index (χ3n) is 4.86. The largest absolute Gasteiger partial charge is 0.497 e. The average Bonchev–Trinajstić information content (AvgIpc) is 2.99. The number of carbonyl (C=O) groups is 2. The summed E-state index contributed by atoms with van der Waals surface area (Å²) in [6.07, 6.45) is 2.31. The molecule has 7 heteroatoms. The number of aromatic nitrogens is 1. The normalized spacial score (nSPS) is 17.7. The maximum atomic E-state index is 12.7. The number of rotatable bonds is 6. The highest BCUT2D eigenvalue weighted by Crippen LogP contribution is 2.31. The number of likely N-dealkylation sites (tertiary alicyclic amines) is 1. The number of nitrogens with zero attached hydrogens (tertiary/aromatic N) is 1. The molecule has 7 nitrogen and oxygen atoms in total. The molecule has 27 heavy (non-hydrogen) atoms. The molecular weight excluding hydrogens is 346 g/mol. The molecule has 1 aliphatic heterocycles. The fourth-order valence-corrected chi connectivity index (χ4v) is 3.60. The number of ether oxygens (including phenoxy) is 2. The van der Waals surface area contributed by atoms with Crippen LogP contribution in [0.5, 0.6) is 5.75 Å². The van der Waals surface area contributed by atoms with Crippen molar-refractivity contribution in [3.8, 4) is 5.75 Å². The van der Waals surface area contributed by atoms with Gasteiger partial charge in [-0.15, -0.1) is 0 Å². The Kier molecular flexibility index (Phi) is 6.01. The first-order chi connectivity index (χ1) is 13.0. The minimum absolute atomic E-state index is 0.140. The lowest BCUT2D eigenvalue weighted by molar-refractivity contribution is -0.117. The summed E-state index contributed by atoms with van der Waals surface area (Å²) in [5, 5.41) is 3.64. The van der Waals surface area contributed by atoms with Gasteiger partial charge in [0.15, 0.2) is 0 Å². The monoisotopic (exact) mass is 373 g/mol. The molecule has 0 radical (unpaired) electrons. The summed E-state index contributed by atoms with van der Waals surface area (Å²) in [5.74, 6) is 0.615. The average molecular weight is 373 g/mol. The smallest absolute Gasteiger partial charge is 0.356 e. The molecule has 2 heterocycles. The van der Waals surface area contributed by atoms with Gasteiger partial charge in [-0.2, -0.15) is 0 Å². The molecule has 0 bridgehead atoms. The third-order valence-corrected chi connectivity index (χ3v) is 4.86. The maximum Gasteiger partial charge on any atom is 0.356 e. The van der Waals surface area contributed by atoms with Crippen molar-refractivity contribution in [3.63, 3.8) is 0 Å². The van der Waals surface area contributed by atoms with Crippen molar-refractivity contribution in [2.45, 2.75) is 26.7 Å². The van der Waals surface area contributed by atoms with E-state index in [1.165, 1.54) is 6.42 Å². The Bertz CT molecular complexity index is 830. The van der Waals surface area contributed by atoms with Gasteiger partial charge in [0.2, 0.25) is 5.91 Å². The Balaban J connectivity index is 1.86. The molecule has 0 unspecified atom stereocenters. The van der Waals surface area contributed by atoms with E-state index in [9.17, 15) is 9.59 Å². The molecule has 2 N–H and O–H groups in total. The number of fused-ring (bicyclic) bond motifs is 1. The number of nitrogens with one attached hydrogen (secondary N) is 2. The Morgan fingerprint density at radius 3 is 2.89 bits per heavy atom. The second-order valence-corrected chi connectivity index (χ2v) is 7.04. The maximum absolute atomic E-state index is 12.7. The number of anilines is 1. The van der Waals surface area contributed by atoms with Crippen LogP contribution in [0.2, 0.25) is 0 Å². The van der Waals surface area contributed by atoms with Crippen LogP contribution >= 0.6 is 0 Å². The standard InChI is InChI=1S/C20H27N3O4/c1-4-27-20(25)19-18(15-10-14(26-3)7-8-16(15)21-19)22-17(24)12-23-9-5-6-13(2)11-23/h7-8,10,13,21H,4-6,9,11-12H2,1-3H3,(H,22,24)/t13-/m1/s1. The molecule has 0 aliphatic carbocycles. The quantitative estimate of drug-likeness (QED) is 0.761. The number of esters is 1. The SMILES string of the molecule is CCOC(=O)c1[nH]c2ccc(OC)cc2c1NC(=O)CN1CCC[C@@H](C)C1. The summed E-state index contributed by atoms with van der Waals surface area (Å²) >= 11 is 0. The van der Waals surface area contributed by atoms with E-state index in [1.54, 1.807) is 26.2 Å². The van der Waals surface area contributed by atoms with Gasteiger partial charge in [0.25, 0.3) is 0 Å². The van der Waals surface area contributed by atoms with E-state index in [0.717, 1.165) is 30.4 Å². The summed E-state index contributed by atoms with van der Waals surface area (Å²) < 4.78 is 10.4. The van der Waals surface area contributed by atoms with E-state index in [-0.39, 0.29) is 18.2 Å². The van der Waals surface area contributed by atoms with Gasteiger partial charge in [-0.05, 0) is 50.4 Å². The summed E-state index contributed by atoms with van der Waals surface area (Å²) in [5.41, 5.74) is 1.43. The van der Waals surface area contributed by atoms with E-state index >= 15 is 0 Å². The first-order valence-electron chi connectivity index (χ1n) is 9.40.